The van der Waals surface area contributed by atoms with Crippen LogP contribution in [-0.2, 0) is 17.8 Å². The predicted molar refractivity (Wildman–Crippen MR) is 84.7 cm³/mol. The van der Waals surface area contributed by atoms with E-state index in [1.165, 1.54) is 5.69 Å². The fraction of sp³-hybridized carbons (Fsp3) is 0.438. The molecule has 0 spiro atoms. The van der Waals surface area contributed by atoms with E-state index in [2.05, 4.69) is 51.0 Å². The number of para-hydroxylation sites is 2. The van der Waals surface area contributed by atoms with Crippen LogP contribution in [0.25, 0.3) is 0 Å². The van der Waals surface area contributed by atoms with Crippen LogP contribution >= 0.6 is 0 Å². The molecule has 2 heterocycles. The average Bonchev–Trinajstić information content (AvgIpc) is 3.01. The van der Waals surface area contributed by atoms with Crippen molar-refractivity contribution in [3.05, 3.63) is 42.5 Å². The zero-order valence-electron chi connectivity index (χ0n) is 12.5. The van der Waals surface area contributed by atoms with Gasteiger partial charge in [-0.3, -0.25) is 0 Å². The Morgan fingerprint density at radius 3 is 2.86 bits per heavy atom. The lowest BCUT2D eigenvalue weighted by Crippen LogP contribution is -2.36. The van der Waals surface area contributed by atoms with Crippen molar-refractivity contribution >= 4 is 11.4 Å². The van der Waals surface area contributed by atoms with Crippen LogP contribution in [0.15, 0.2) is 36.7 Å². The highest BCUT2D eigenvalue weighted by Crippen LogP contribution is 2.26. The molecule has 3 rings (SSSR count). The Labute approximate surface area is 125 Å². The topological polar surface area (TPSA) is 42.3 Å². The maximum absolute atomic E-state index is 5.43. The van der Waals surface area contributed by atoms with E-state index in [4.69, 9.17) is 4.74 Å². The zero-order valence-corrected chi connectivity index (χ0v) is 12.5. The van der Waals surface area contributed by atoms with Gasteiger partial charge in [0.05, 0.1) is 31.1 Å². The molecule has 5 heteroatoms. The number of hydrogen-bond acceptors (Lipinski definition) is 4. The summed E-state index contributed by atoms with van der Waals surface area (Å²) in [6.45, 7) is 7.31. The lowest BCUT2D eigenvalue weighted by molar-refractivity contribution is 0.123. The Bertz CT molecular complexity index is 575. The van der Waals surface area contributed by atoms with Crippen molar-refractivity contribution in [1.29, 1.82) is 0 Å². The first kappa shape index (κ1) is 13.9. The van der Waals surface area contributed by atoms with Crippen molar-refractivity contribution in [2.24, 2.45) is 0 Å². The number of aryl methyl sites for hydroxylation is 1. The Balaban J connectivity index is 1.73. The van der Waals surface area contributed by atoms with Gasteiger partial charge in [-0.2, -0.15) is 0 Å². The first-order chi connectivity index (χ1) is 10.4. The molecule has 0 radical (unpaired) electrons. The smallest absolute Gasteiger partial charge is 0.128 e. The third-order valence-corrected chi connectivity index (χ3v) is 3.84. The second-order valence-electron chi connectivity index (χ2n) is 5.10. The minimum Gasteiger partial charge on any atom is -0.378 e. The molecule has 0 aliphatic carbocycles. The zero-order chi connectivity index (χ0) is 14.5. The molecule has 112 valence electrons. The van der Waals surface area contributed by atoms with E-state index in [1.807, 2.05) is 12.4 Å². The van der Waals surface area contributed by atoms with Gasteiger partial charge < -0.3 is 19.5 Å². The molecule has 2 aromatic rings. The quantitative estimate of drug-likeness (QED) is 0.916. The molecule has 0 saturated carbocycles. The van der Waals surface area contributed by atoms with Crippen LogP contribution in [-0.4, -0.2) is 35.9 Å². The molecule has 5 nitrogen and oxygen atoms in total. The summed E-state index contributed by atoms with van der Waals surface area (Å²) in [5, 5.41) is 3.52. The van der Waals surface area contributed by atoms with E-state index >= 15 is 0 Å². The number of nitrogens with one attached hydrogen (secondary N) is 1. The van der Waals surface area contributed by atoms with E-state index in [1.54, 1.807) is 0 Å². The van der Waals surface area contributed by atoms with Crippen molar-refractivity contribution in [1.82, 2.24) is 9.55 Å². The Kier molecular flexibility index (Phi) is 4.40. The summed E-state index contributed by atoms with van der Waals surface area (Å²) in [5.41, 5.74) is 2.40. The Morgan fingerprint density at radius 2 is 2.05 bits per heavy atom. The number of ether oxygens (including phenoxy) is 1. The van der Waals surface area contributed by atoms with Crippen molar-refractivity contribution in [2.75, 3.05) is 36.5 Å². The first-order valence-electron chi connectivity index (χ1n) is 7.54. The van der Waals surface area contributed by atoms with Crippen molar-refractivity contribution < 1.29 is 4.74 Å². The van der Waals surface area contributed by atoms with Crippen molar-refractivity contribution in [2.45, 2.75) is 20.0 Å². The molecular weight excluding hydrogens is 264 g/mol. The molecule has 1 saturated heterocycles. The van der Waals surface area contributed by atoms with Gasteiger partial charge in [0.1, 0.15) is 5.82 Å². The normalized spacial score (nSPS) is 15.2. The lowest BCUT2D eigenvalue weighted by Gasteiger charge is -2.30. The molecule has 0 atom stereocenters. The number of nitrogens with zero attached hydrogens (tertiary/aromatic N) is 3. The van der Waals surface area contributed by atoms with Gasteiger partial charge in [-0.15, -0.1) is 0 Å². The van der Waals surface area contributed by atoms with Gasteiger partial charge in [-0.1, -0.05) is 12.1 Å². The highest BCUT2D eigenvalue weighted by atomic mass is 16.5. The highest BCUT2D eigenvalue weighted by molar-refractivity contribution is 5.70. The fourth-order valence-corrected chi connectivity index (χ4v) is 2.67. The van der Waals surface area contributed by atoms with Gasteiger partial charge in [0.2, 0.25) is 0 Å². The monoisotopic (exact) mass is 286 g/mol. The standard InChI is InChI=1S/C16H22N4O/c1-2-19-8-7-17-16(19)13-18-14-5-3-4-6-15(14)20-9-11-21-12-10-20/h3-8,18H,2,9-13H2,1H3. The van der Waals surface area contributed by atoms with Crippen molar-refractivity contribution in [3.8, 4) is 0 Å². The molecule has 0 amide bonds. The molecule has 1 aromatic carbocycles. The number of rotatable bonds is 5. The minimum absolute atomic E-state index is 0.738. The van der Waals surface area contributed by atoms with Crippen LogP contribution in [0.1, 0.15) is 12.7 Å². The average molecular weight is 286 g/mol. The molecule has 1 fully saturated rings. The number of morpholine rings is 1. The summed E-state index contributed by atoms with van der Waals surface area (Å²) in [6, 6.07) is 8.45. The van der Waals surface area contributed by atoms with E-state index in [9.17, 15) is 0 Å². The van der Waals surface area contributed by atoms with Crippen LogP contribution in [0.3, 0.4) is 0 Å². The largest absolute Gasteiger partial charge is 0.378 e. The van der Waals surface area contributed by atoms with E-state index in [0.29, 0.717) is 0 Å². The molecule has 1 aromatic heterocycles. The second kappa shape index (κ2) is 6.63. The predicted octanol–water partition coefficient (Wildman–Crippen LogP) is 2.35. The summed E-state index contributed by atoms with van der Waals surface area (Å²) in [5.74, 6) is 1.06. The lowest BCUT2D eigenvalue weighted by atomic mass is 10.2. The number of benzene rings is 1. The van der Waals surface area contributed by atoms with Crippen LogP contribution in [0.2, 0.25) is 0 Å². The van der Waals surface area contributed by atoms with Crippen LogP contribution < -0.4 is 10.2 Å². The second-order valence-corrected chi connectivity index (χ2v) is 5.10. The third-order valence-electron chi connectivity index (χ3n) is 3.84. The molecule has 0 unspecified atom stereocenters. The number of hydrogen-bond donors (Lipinski definition) is 1. The molecule has 21 heavy (non-hydrogen) atoms. The van der Waals surface area contributed by atoms with E-state index < -0.39 is 0 Å². The molecule has 0 bridgehead atoms. The molecule has 1 aliphatic heterocycles. The SMILES string of the molecule is CCn1ccnc1CNc1ccccc1N1CCOCC1. The molecular formula is C16H22N4O. The third kappa shape index (κ3) is 3.19. The van der Waals surface area contributed by atoms with Gasteiger partial charge in [0.15, 0.2) is 0 Å². The summed E-state index contributed by atoms with van der Waals surface area (Å²) in [7, 11) is 0. The molecule has 1 aliphatic rings. The maximum Gasteiger partial charge on any atom is 0.128 e. The Morgan fingerprint density at radius 1 is 1.24 bits per heavy atom. The van der Waals surface area contributed by atoms with E-state index in [-0.39, 0.29) is 0 Å². The highest BCUT2D eigenvalue weighted by Gasteiger charge is 2.14. The van der Waals surface area contributed by atoms with E-state index in [0.717, 1.165) is 50.9 Å². The van der Waals surface area contributed by atoms with Gasteiger partial charge in [0.25, 0.3) is 0 Å². The summed E-state index contributed by atoms with van der Waals surface area (Å²) >= 11 is 0. The summed E-state index contributed by atoms with van der Waals surface area (Å²) < 4.78 is 7.59. The summed E-state index contributed by atoms with van der Waals surface area (Å²) in [6.07, 6.45) is 3.87. The van der Waals surface area contributed by atoms with Crippen LogP contribution in [0, 0.1) is 0 Å². The number of anilines is 2. The fourth-order valence-electron chi connectivity index (χ4n) is 2.67. The maximum atomic E-state index is 5.43. The first-order valence-corrected chi connectivity index (χ1v) is 7.54. The summed E-state index contributed by atoms with van der Waals surface area (Å²) in [4.78, 5) is 6.78. The Hall–Kier alpha value is -2.01. The van der Waals surface area contributed by atoms with Crippen LogP contribution in [0.5, 0.6) is 0 Å². The van der Waals surface area contributed by atoms with Gasteiger partial charge >= 0.3 is 0 Å². The molecule has 1 N–H and O–H groups in total. The number of imidazole rings is 1. The number of aromatic nitrogens is 2. The minimum atomic E-state index is 0.738. The van der Waals surface area contributed by atoms with Gasteiger partial charge in [0, 0.05) is 32.0 Å². The van der Waals surface area contributed by atoms with Gasteiger partial charge in [-0.25, -0.2) is 4.98 Å². The van der Waals surface area contributed by atoms with Crippen LogP contribution in [0.4, 0.5) is 11.4 Å². The van der Waals surface area contributed by atoms with Crippen molar-refractivity contribution in [3.63, 3.8) is 0 Å². The van der Waals surface area contributed by atoms with Gasteiger partial charge in [-0.05, 0) is 19.1 Å².